The van der Waals surface area contributed by atoms with Crippen LogP contribution in [0, 0.1) is 0 Å². The lowest BCUT2D eigenvalue weighted by Gasteiger charge is -2.11. The van der Waals surface area contributed by atoms with Crippen LogP contribution in [0.5, 0.6) is 5.75 Å². The molecule has 0 aliphatic rings. The summed E-state index contributed by atoms with van der Waals surface area (Å²) in [5, 5.41) is 3.89. The molecular weight excluding hydrogens is 286 g/mol. The van der Waals surface area contributed by atoms with Gasteiger partial charge >= 0.3 is 0 Å². The number of methoxy groups -OCH3 is 1. The van der Waals surface area contributed by atoms with Gasteiger partial charge in [0.25, 0.3) is 0 Å². The van der Waals surface area contributed by atoms with Gasteiger partial charge in [-0.2, -0.15) is 0 Å². The molecule has 5 heteroatoms. The van der Waals surface area contributed by atoms with Crippen molar-refractivity contribution in [3.63, 3.8) is 0 Å². The second-order valence-electron chi connectivity index (χ2n) is 4.52. The number of fused-ring (bicyclic) bond motifs is 1. The Morgan fingerprint density at radius 1 is 1.10 bits per heavy atom. The topological polar surface area (TPSA) is 47.0 Å². The maximum Gasteiger partial charge on any atom is 0.145 e. The van der Waals surface area contributed by atoms with Gasteiger partial charge in [0.2, 0.25) is 0 Å². The number of nitrogens with zero attached hydrogens (tertiary/aromatic N) is 2. The Bertz CT molecular complexity index is 776. The van der Waals surface area contributed by atoms with Crippen LogP contribution in [0.25, 0.3) is 11.0 Å². The average Bonchev–Trinajstić information content (AvgIpc) is 2.53. The lowest BCUT2D eigenvalue weighted by atomic mass is 10.2. The van der Waals surface area contributed by atoms with Crippen LogP contribution in [-0.4, -0.2) is 17.1 Å². The van der Waals surface area contributed by atoms with Crippen LogP contribution < -0.4 is 10.1 Å². The van der Waals surface area contributed by atoms with E-state index < -0.39 is 0 Å². The van der Waals surface area contributed by atoms with E-state index in [1.54, 1.807) is 13.3 Å². The zero-order valence-electron chi connectivity index (χ0n) is 11.5. The van der Waals surface area contributed by atoms with Crippen molar-refractivity contribution in [1.29, 1.82) is 0 Å². The third-order valence-corrected chi connectivity index (χ3v) is 3.54. The number of rotatable bonds is 4. The number of benzene rings is 2. The minimum atomic E-state index is 0.524. The van der Waals surface area contributed by atoms with Gasteiger partial charge in [0.15, 0.2) is 0 Å². The first kappa shape index (κ1) is 13.6. The summed E-state index contributed by atoms with van der Waals surface area (Å²) >= 11 is 6.21. The first-order valence-corrected chi connectivity index (χ1v) is 6.93. The average molecular weight is 300 g/mol. The van der Waals surface area contributed by atoms with Crippen molar-refractivity contribution in [3.8, 4) is 5.75 Å². The van der Waals surface area contributed by atoms with Crippen molar-refractivity contribution in [2.45, 2.75) is 6.54 Å². The Morgan fingerprint density at radius 2 is 1.90 bits per heavy atom. The minimum absolute atomic E-state index is 0.524. The summed E-state index contributed by atoms with van der Waals surface area (Å²) in [4.78, 5) is 8.89. The predicted octanol–water partition coefficient (Wildman–Crippen LogP) is 3.90. The zero-order valence-corrected chi connectivity index (χ0v) is 12.3. The molecule has 3 aromatic rings. The third kappa shape index (κ3) is 2.90. The van der Waals surface area contributed by atoms with Crippen LogP contribution in [0.3, 0.4) is 0 Å². The molecule has 1 heterocycles. The number of aromatic nitrogens is 2. The summed E-state index contributed by atoms with van der Waals surface area (Å²) in [6, 6.07) is 13.3. The van der Waals surface area contributed by atoms with E-state index in [9.17, 15) is 0 Å². The van der Waals surface area contributed by atoms with Gasteiger partial charge in [0.1, 0.15) is 11.6 Å². The van der Waals surface area contributed by atoms with Crippen molar-refractivity contribution < 1.29 is 4.74 Å². The predicted molar refractivity (Wildman–Crippen MR) is 84.9 cm³/mol. The Hall–Kier alpha value is -2.33. The minimum Gasteiger partial charge on any atom is -0.496 e. The fourth-order valence-electron chi connectivity index (χ4n) is 2.12. The molecule has 0 atom stereocenters. The van der Waals surface area contributed by atoms with Gasteiger partial charge in [-0.15, -0.1) is 0 Å². The molecule has 0 bridgehead atoms. The van der Waals surface area contributed by atoms with E-state index in [-0.39, 0.29) is 0 Å². The second-order valence-corrected chi connectivity index (χ2v) is 4.93. The maximum atomic E-state index is 6.21. The summed E-state index contributed by atoms with van der Waals surface area (Å²) in [6.07, 6.45) is 1.71. The summed E-state index contributed by atoms with van der Waals surface area (Å²) in [6.45, 7) is 0.524. The summed E-state index contributed by atoms with van der Waals surface area (Å²) < 4.78 is 5.32. The molecular formula is C16H14ClN3O. The van der Waals surface area contributed by atoms with E-state index in [1.807, 2.05) is 42.5 Å². The van der Waals surface area contributed by atoms with Gasteiger partial charge in [0, 0.05) is 17.1 Å². The van der Waals surface area contributed by atoms with E-state index in [1.165, 1.54) is 0 Å². The van der Waals surface area contributed by atoms with Crippen LogP contribution in [-0.2, 0) is 6.54 Å². The van der Waals surface area contributed by atoms with Crippen LogP contribution in [0.1, 0.15) is 5.56 Å². The molecule has 0 radical (unpaired) electrons. The molecule has 0 aliphatic carbocycles. The molecule has 4 nitrogen and oxygen atoms in total. The molecule has 3 rings (SSSR count). The largest absolute Gasteiger partial charge is 0.496 e. The second kappa shape index (κ2) is 5.97. The summed E-state index contributed by atoms with van der Waals surface area (Å²) in [5.74, 6) is 1.46. The standard InChI is InChI=1S/C16H14ClN3O/c1-21-15-8-4-5-12(17)11(15)9-19-16-10-18-13-6-2-3-7-14(13)20-16/h2-8,10H,9H2,1H3,(H,19,20). The molecule has 2 aromatic carbocycles. The molecule has 106 valence electrons. The fraction of sp³-hybridized carbons (Fsp3) is 0.125. The number of halogens is 1. The highest BCUT2D eigenvalue weighted by molar-refractivity contribution is 6.31. The normalized spacial score (nSPS) is 10.6. The van der Waals surface area contributed by atoms with E-state index in [4.69, 9.17) is 16.3 Å². The van der Waals surface area contributed by atoms with E-state index in [2.05, 4.69) is 15.3 Å². The Morgan fingerprint density at radius 3 is 2.71 bits per heavy atom. The van der Waals surface area contributed by atoms with Crippen LogP contribution in [0.4, 0.5) is 5.82 Å². The molecule has 0 fully saturated rings. The molecule has 0 saturated carbocycles. The molecule has 0 unspecified atom stereocenters. The van der Waals surface area contributed by atoms with Crippen molar-refractivity contribution in [1.82, 2.24) is 9.97 Å². The zero-order chi connectivity index (χ0) is 14.7. The molecule has 21 heavy (non-hydrogen) atoms. The maximum absolute atomic E-state index is 6.21. The highest BCUT2D eigenvalue weighted by atomic mass is 35.5. The Kier molecular flexibility index (Phi) is 3.88. The quantitative estimate of drug-likeness (QED) is 0.793. The highest BCUT2D eigenvalue weighted by Crippen LogP contribution is 2.26. The van der Waals surface area contributed by atoms with Gasteiger partial charge in [-0.3, -0.25) is 4.98 Å². The van der Waals surface area contributed by atoms with Crippen LogP contribution >= 0.6 is 11.6 Å². The SMILES string of the molecule is COc1cccc(Cl)c1CNc1cnc2ccccc2n1. The lowest BCUT2D eigenvalue weighted by molar-refractivity contribution is 0.410. The molecule has 0 saturated heterocycles. The smallest absolute Gasteiger partial charge is 0.145 e. The molecule has 0 spiro atoms. The Balaban J connectivity index is 1.83. The van der Waals surface area contributed by atoms with Crippen LogP contribution in [0.2, 0.25) is 5.02 Å². The summed E-state index contributed by atoms with van der Waals surface area (Å²) in [5.41, 5.74) is 2.63. The number of ether oxygens (including phenoxy) is 1. The number of nitrogens with one attached hydrogen (secondary N) is 1. The molecule has 0 amide bonds. The first-order valence-electron chi connectivity index (χ1n) is 6.55. The number of anilines is 1. The monoisotopic (exact) mass is 299 g/mol. The molecule has 0 aliphatic heterocycles. The van der Waals surface area contributed by atoms with Gasteiger partial charge in [-0.05, 0) is 24.3 Å². The molecule has 1 aromatic heterocycles. The van der Waals surface area contributed by atoms with Crippen molar-refractivity contribution in [2.75, 3.05) is 12.4 Å². The lowest BCUT2D eigenvalue weighted by Crippen LogP contribution is -2.04. The van der Waals surface area contributed by atoms with Gasteiger partial charge < -0.3 is 10.1 Å². The number of hydrogen-bond donors (Lipinski definition) is 1. The third-order valence-electron chi connectivity index (χ3n) is 3.19. The highest BCUT2D eigenvalue weighted by Gasteiger charge is 2.08. The van der Waals surface area contributed by atoms with Crippen molar-refractivity contribution in [3.05, 3.63) is 59.2 Å². The van der Waals surface area contributed by atoms with Gasteiger partial charge in [-0.25, -0.2) is 4.98 Å². The Labute approximate surface area is 127 Å². The first-order chi connectivity index (χ1) is 10.3. The number of hydrogen-bond acceptors (Lipinski definition) is 4. The van der Waals surface area contributed by atoms with Gasteiger partial charge in [-0.1, -0.05) is 29.8 Å². The fourth-order valence-corrected chi connectivity index (χ4v) is 2.36. The van der Waals surface area contributed by atoms with Crippen molar-refractivity contribution in [2.24, 2.45) is 0 Å². The van der Waals surface area contributed by atoms with Crippen molar-refractivity contribution >= 4 is 28.5 Å². The van der Waals surface area contributed by atoms with Gasteiger partial charge in [0.05, 0.1) is 24.3 Å². The van der Waals surface area contributed by atoms with Crippen LogP contribution in [0.15, 0.2) is 48.7 Å². The van der Waals surface area contributed by atoms with E-state index >= 15 is 0 Å². The van der Waals surface area contributed by atoms with E-state index in [0.717, 1.165) is 22.3 Å². The number of para-hydroxylation sites is 2. The van der Waals surface area contributed by atoms with E-state index in [0.29, 0.717) is 17.4 Å². The molecule has 1 N–H and O–H groups in total. The summed E-state index contributed by atoms with van der Waals surface area (Å²) in [7, 11) is 1.63.